The minimum Gasteiger partial charge on any atom is -0.493 e. The molecule has 5 nitrogen and oxygen atoms in total. The molecule has 0 unspecified atom stereocenters. The van der Waals surface area contributed by atoms with Gasteiger partial charge in [-0.15, -0.1) is 11.3 Å². The molecular weight excluding hydrogens is 444 g/mol. The number of carboxylic acids is 1. The van der Waals surface area contributed by atoms with Crippen LogP contribution in [0.2, 0.25) is 0 Å². The highest BCUT2D eigenvalue weighted by Crippen LogP contribution is 2.29. The molecule has 0 saturated carbocycles. The predicted octanol–water partition coefficient (Wildman–Crippen LogP) is 6.44. The van der Waals surface area contributed by atoms with Crippen molar-refractivity contribution in [2.45, 2.75) is 40.0 Å². The molecule has 1 N–H and O–H groups in total. The number of nitrogens with zero attached hydrogens (tertiary/aromatic N) is 2. The van der Waals surface area contributed by atoms with E-state index in [0.717, 1.165) is 50.8 Å². The highest BCUT2D eigenvalue weighted by atomic mass is 32.1. The SMILES string of the molecule is Cc1ccc(-c2ccc(-c3nc(CCOc4ccc(CCC(=O)O)c(C)c4)c(C)s3)cn2)cc1. The van der Waals surface area contributed by atoms with E-state index in [4.69, 9.17) is 14.8 Å². The third-order valence-electron chi connectivity index (χ3n) is 5.78. The van der Waals surface area contributed by atoms with Gasteiger partial charge in [-0.05, 0) is 62.6 Å². The standard InChI is InChI=1S/C28H28N2O3S/c1-18-4-6-22(7-5-18)26-12-9-23(17-29-26)28-30-25(20(3)34-28)14-15-33-24-11-8-21(19(2)16-24)10-13-27(31)32/h4-9,11-12,16-17H,10,13-15H2,1-3H3,(H,31,32). The van der Waals surface area contributed by atoms with E-state index in [1.54, 1.807) is 11.3 Å². The minimum absolute atomic E-state index is 0.136. The summed E-state index contributed by atoms with van der Waals surface area (Å²) in [5.74, 6) is 0.0105. The van der Waals surface area contributed by atoms with Gasteiger partial charge in [-0.3, -0.25) is 9.78 Å². The Balaban J connectivity index is 1.36. The van der Waals surface area contributed by atoms with Gasteiger partial charge in [0.05, 0.1) is 18.0 Å². The summed E-state index contributed by atoms with van der Waals surface area (Å²) in [7, 11) is 0. The molecule has 0 spiro atoms. The van der Waals surface area contributed by atoms with Crippen molar-refractivity contribution in [3.63, 3.8) is 0 Å². The van der Waals surface area contributed by atoms with Crippen LogP contribution in [-0.2, 0) is 17.6 Å². The highest BCUT2D eigenvalue weighted by Gasteiger charge is 2.11. The zero-order valence-corrected chi connectivity index (χ0v) is 20.5. The molecule has 0 aliphatic rings. The minimum atomic E-state index is -0.782. The summed E-state index contributed by atoms with van der Waals surface area (Å²) in [6, 6.07) is 18.3. The Morgan fingerprint density at radius 3 is 2.41 bits per heavy atom. The van der Waals surface area contributed by atoms with Gasteiger partial charge in [-0.25, -0.2) is 4.98 Å². The van der Waals surface area contributed by atoms with E-state index in [-0.39, 0.29) is 6.42 Å². The molecule has 2 heterocycles. The van der Waals surface area contributed by atoms with Gasteiger partial charge in [-0.2, -0.15) is 0 Å². The number of aromatic nitrogens is 2. The maximum atomic E-state index is 10.8. The van der Waals surface area contributed by atoms with Crippen molar-refractivity contribution in [3.8, 4) is 27.6 Å². The van der Waals surface area contributed by atoms with E-state index >= 15 is 0 Å². The van der Waals surface area contributed by atoms with Crippen LogP contribution >= 0.6 is 11.3 Å². The van der Waals surface area contributed by atoms with E-state index in [2.05, 4.69) is 49.2 Å². The monoisotopic (exact) mass is 472 g/mol. The molecular formula is C28H28N2O3S. The zero-order valence-electron chi connectivity index (χ0n) is 19.7. The molecule has 0 atom stereocenters. The lowest BCUT2D eigenvalue weighted by molar-refractivity contribution is -0.136. The van der Waals surface area contributed by atoms with Gasteiger partial charge < -0.3 is 9.84 Å². The van der Waals surface area contributed by atoms with E-state index in [1.165, 1.54) is 10.4 Å². The van der Waals surface area contributed by atoms with Gasteiger partial charge in [0.2, 0.25) is 0 Å². The summed E-state index contributed by atoms with van der Waals surface area (Å²) in [6.45, 7) is 6.68. The number of aryl methyl sites for hydroxylation is 4. The Bertz CT molecular complexity index is 1280. The number of hydrogen-bond donors (Lipinski definition) is 1. The van der Waals surface area contributed by atoms with Gasteiger partial charge in [0.1, 0.15) is 10.8 Å². The van der Waals surface area contributed by atoms with Gasteiger partial charge in [0.15, 0.2) is 0 Å². The fraction of sp³-hybridized carbons (Fsp3) is 0.250. The van der Waals surface area contributed by atoms with Gasteiger partial charge in [0, 0.05) is 35.0 Å². The number of hydrogen-bond acceptors (Lipinski definition) is 5. The molecule has 34 heavy (non-hydrogen) atoms. The zero-order chi connectivity index (χ0) is 24.1. The van der Waals surface area contributed by atoms with Crippen LogP contribution in [0.25, 0.3) is 21.8 Å². The van der Waals surface area contributed by atoms with E-state index in [9.17, 15) is 4.79 Å². The number of aliphatic carboxylic acids is 1. The maximum absolute atomic E-state index is 10.8. The Morgan fingerprint density at radius 1 is 0.971 bits per heavy atom. The number of ether oxygens (including phenoxy) is 1. The molecule has 2 aromatic heterocycles. The van der Waals surface area contributed by atoms with Crippen LogP contribution in [0.3, 0.4) is 0 Å². The van der Waals surface area contributed by atoms with E-state index < -0.39 is 5.97 Å². The van der Waals surface area contributed by atoms with E-state index in [1.807, 2.05) is 37.4 Å². The molecule has 4 aromatic rings. The largest absolute Gasteiger partial charge is 0.493 e. The first-order valence-corrected chi connectivity index (χ1v) is 12.1. The number of pyridine rings is 1. The van der Waals surface area contributed by atoms with E-state index in [0.29, 0.717) is 13.0 Å². The molecule has 0 saturated heterocycles. The summed E-state index contributed by atoms with van der Waals surface area (Å²) < 4.78 is 5.95. The molecule has 0 aliphatic heterocycles. The Labute approximate surface area is 204 Å². The third kappa shape index (κ3) is 5.88. The van der Waals surface area contributed by atoms with Crippen molar-refractivity contribution < 1.29 is 14.6 Å². The van der Waals surface area contributed by atoms with Crippen molar-refractivity contribution in [1.82, 2.24) is 9.97 Å². The molecule has 174 valence electrons. The number of carbonyl (C=O) groups is 1. The van der Waals surface area contributed by atoms with Gasteiger partial charge >= 0.3 is 5.97 Å². The second kappa shape index (κ2) is 10.6. The first-order valence-electron chi connectivity index (χ1n) is 11.3. The van der Waals surface area contributed by atoms with Crippen molar-refractivity contribution in [3.05, 3.63) is 88.1 Å². The molecule has 2 aromatic carbocycles. The normalized spacial score (nSPS) is 10.9. The Morgan fingerprint density at radius 2 is 1.74 bits per heavy atom. The molecule has 0 radical (unpaired) electrons. The van der Waals surface area contributed by atoms with Crippen LogP contribution in [0, 0.1) is 20.8 Å². The molecule has 0 aliphatic carbocycles. The van der Waals surface area contributed by atoms with Gasteiger partial charge in [-0.1, -0.05) is 35.9 Å². The van der Waals surface area contributed by atoms with Crippen LogP contribution in [0.15, 0.2) is 60.8 Å². The highest BCUT2D eigenvalue weighted by molar-refractivity contribution is 7.15. The maximum Gasteiger partial charge on any atom is 0.303 e. The second-order valence-electron chi connectivity index (χ2n) is 8.40. The third-order valence-corrected chi connectivity index (χ3v) is 6.84. The van der Waals surface area contributed by atoms with Crippen LogP contribution in [0.1, 0.15) is 33.7 Å². The average Bonchev–Trinajstić information content (AvgIpc) is 3.19. The summed E-state index contributed by atoms with van der Waals surface area (Å²) in [4.78, 5) is 21.5. The summed E-state index contributed by atoms with van der Waals surface area (Å²) >= 11 is 1.67. The number of rotatable bonds is 9. The molecule has 6 heteroatoms. The number of thiazole rings is 1. The predicted molar refractivity (Wildman–Crippen MR) is 137 cm³/mol. The lowest BCUT2D eigenvalue weighted by Gasteiger charge is -2.09. The van der Waals surface area contributed by atoms with Crippen molar-refractivity contribution in [1.29, 1.82) is 0 Å². The smallest absolute Gasteiger partial charge is 0.303 e. The molecule has 0 bridgehead atoms. The van der Waals surface area contributed by atoms with Crippen LogP contribution in [0.4, 0.5) is 0 Å². The second-order valence-corrected chi connectivity index (χ2v) is 9.60. The van der Waals surface area contributed by atoms with Gasteiger partial charge in [0.25, 0.3) is 0 Å². The first-order chi connectivity index (χ1) is 16.4. The molecule has 4 rings (SSSR count). The van der Waals surface area contributed by atoms with Crippen LogP contribution in [-0.4, -0.2) is 27.7 Å². The fourth-order valence-electron chi connectivity index (χ4n) is 3.74. The van der Waals surface area contributed by atoms with Crippen molar-refractivity contribution >= 4 is 17.3 Å². The Hall–Kier alpha value is -3.51. The number of carboxylic acid groups (broad SMARTS) is 1. The molecule has 0 amide bonds. The lowest BCUT2D eigenvalue weighted by atomic mass is 10.0. The Kier molecular flexibility index (Phi) is 7.38. The topological polar surface area (TPSA) is 72.3 Å². The fourth-order valence-corrected chi connectivity index (χ4v) is 4.69. The lowest BCUT2D eigenvalue weighted by Crippen LogP contribution is -2.04. The van der Waals surface area contributed by atoms with Crippen LogP contribution in [0.5, 0.6) is 5.75 Å². The number of benzene rings is 2. The summed E-state index contributed by atoms with van der Waals surface area (Å²) in [5.41, 5.74) is 7.44. The first kappa shape index (κ1) is 23.6. The van der Waals surface area contributed by atoms with Crippen molar-refractivity contribution in [2.75, 3.05) is 6.61 Å². The quantitative estimate of drug-likeness (QED) is 0.304. The average molecular weight is 473 g/mol. The summed E-state index contributed by atoms with van der Waals surface area (Å²) in [5, 5.41) is 9.84. The van der Waals surface area contributed by atoms with Crippen LogP contribution < -0.4 is 4.74 Å². The summed E-state index contributed by atoms with van der Waals surface area (Å²) in [6.07, 6.45) is 3.28. The molecule has 0 fully saturated rings. The van der Waals surface area contributed by atoms with Crippen molar-refractivity contribution in [2.24, 2.45) is 0 Å².